The minimum atomic E-state index is 0.427. The number of hydrogen-bond donors (Lipinski definition) is 2. The van der Waals surface area contributed by atoms with E-state index in [4.69, 9.17) is 5.11 Å². The summed E-state index contributed by atoms with van der Waals surface area (Å²) in [5.41, 5.74) is 1.37. The summed E-state index contributed by atoms with van der Waals surface area (Å²) in [5, 5.41) is 12.3. The van der Waals surface area contributed by atoms with Crippen LogP contribution in [0.2, 0.25) is 0 Å². The summed E-state index contributed by atoms with van der Waals surface area (Å²) in [4.78, 5) is 0. The highest BCUT2D eigenvalue weighted by atomic mass is 16.3. The van der Waals surface area contributed by atoms with E-state index in [1.54, 1.807) is 6.08 Å². The van der Waals surface area contributed by atoms with Crippen molar-refractivity contribution >= 4 is 0 Å². The standard InChI is InChI=1S/C9H15NO/c1-2-3-8-4-5-9(11)7-10-6-8/h4-5,10-11H,2-3,6-7H2,1H3. The maximum Gasteiger partial charge on any atom is 0.106 e. The second-order valence-corrected chi connectivity index (χ2v) is 2.84. The largest absolute Gasteiger partial charge is 0.511 e. The third-order valence-electron chi connectivity index (χ3n) is 1.74. The molecule has 0 unspecified atom stereocenters. The molecule has 1 aliphatic heterocycles. The summed E-state index contributed by atoms with van der Waals surface area (Å²) >= 11 is 0. The van der Waals surface area contributed by atoms with Crippen LogP contribution in [-0.2, 0) is 0 Å². The molecule has 0 fully saturated rings. The minimum Gasteiger partial charge on any atom is -0.511 e. The van der Waals surface area contributed by atoms with E-state index in [1.807, 2.05) is 6.08 Å². The second-order valence-electron chi connectivity index (χ2n) is 2.84. The van der Waals surface area contributed by atoms with Crippen LogP contribution < -0.4 is 5.32 Å². The molecule has 0 saturated heterocycles. The van der Waals surface area contributed by atoms with Crippen molar-refractivity contribution in [1.82, 2.24) is 5.32 Å². The Balaban J connectivity index is 2.52. The van der Waals surface area contributed by atoms with E-state index in [-0.39, 0.29) is 0 Å². The molecule has 62 valence electrons. The van der Waals surface area contributed by atoms with Crippen molar-refractivity contribution < 1.29 is 5.11 Å². The third-order valence-corrected chi connectivity index (χ3v) is 1.74. The van der Waals surface area contributed by atoms with Gasteiger partial charge in [0.05, 0.1) is 6.54 Å². The Bertz CT molecular complexity index is 178. The Morgan fingerprint density at radius 2 is 2.27 bits per heavy atom. The SMILES string of the molecule is CCCC1=CC=C(O)CNC1. The van der Waals surface area contributed by atoms with Gasteiger partial charge in [-0.2, -0.15) is 0 Å². The van der Waals surface area contributed by atoms with Crippen molar-refractivity contribution in [2.75, 3.05) is 13.1 Å². The average Bonchev–Trinajstić information content (AvgIpc) is 2.17. The predicted octanol–water partition coefficient (Wildman–Crippen LogP) is 1.76. The van der Waals surface area contributed by atoms with Gasteiger partial charge in [-0.3, -0.25) is 0 Å². The van der Waals surface area contributed by atoms with Gasteiger partial charge in [0.1, 0.15) is 5.76 Å². The van der Waals surface area contributed by atoms with Crippen LogP contribution in [0.4, 0.5) is 0 Å². The Labute approximate surface area is 67.6 Å². The molecule has 0 radical (unpaired) electrons. The van der Waals surface area contributed by atoms with Crippen molar-refractivity contribution in [3.05, 3.63) is 23.5 Å². The van der Waals surface area contributed by atoms with Crippen LogP contribution in [-0.4, -0.2) is 18.2 Å². The van der Waals surface area contributed by atoms with Gasteiger partial charge in [0, 0.05) is 6.54 Å². The molecular formula is C9H15NO. The maximum absolute atomic E-state index is 9.13. The molecule has 0 saturated carbocycles. The van der Waals surface area contributed by atoms with Gasteiger partial charge >= 0.3 is 0 Å². The first-order valence-corrected chi connectivity index (χ1v) is 4.11. The predicted molar refractivity (Wildman–Crippen MR) is 46.6 cm³/mol. The monoisotopic (exact) mass is 153 g/mol. The van der Waals surface area contributed by atoms with E-state index in [0.717, 1.165) is 13.0 Å². The molecular weight excluding hydrogens is 138 g/mol. The first-order valence-electron chi connectivity index (χ1n) is 4.11. The summed E-state index contributed by atoms with van der Waals surface area (Å²) in [5.74, 6) is 0.427. The molecule has 0 aliphatic carbocycles. The summed E-state index contributed by atoms with van der Waals surface area (Å²) < 4.78 is 0. The molecule has 1 rings (SSSR count). The van der Waals surface area contributed by atoms with Crippen molar-refractivity contribution in [3.8, 4) is 0 Å². The van der Waals surface area contributed by atoms with E-state index in [1.165, 1.54) is 12.0 Å². The van der Waals surface area contributed by atoms with Gasteiger partial charge in [-0.25, -0.2) is 0 Å². The normalized spacial score (nSPS) is 18.6. The number of rotatable bonds is 2. The first kappa shape index (κ1) is 8.34. The highest BCUT2D eigenvalue weighted by molar-refractivity contribution is 5.19. The van der Waals surface area contributed by atoms with Gasteiger partial charge in [-0.15, -0.1) is 0 Å². The topological polar surface area (TPSA) is 32.3 Å². The Kier molecular flexibility index (Phi) is 3.17. The molecule has 0 atom stereocenters. The second kappa shape index (κ2) is 4.19. The first-order chi connectivity index (χ1) is 5.33. The Morgan fingerprint density at radius 1 is 1.45 bits per heavy atom. The average molecular weight is 153 g/mol. The molecule has 0 aromatic rings. The Morgan fingerprint density at radius 3 is 3.00 bits per heavy atom. The number of hydrogen-bond acceptors (Lipinski definition) is 2. The molecule has 0 bridgehead atoms. The smallest absolute Gasteiger partial charge is 0.106 e. The zero-order valence-corrected chi connectivity index (χ0v) is 6.93. The van der Waals surface area contributed by atoms with Gasteiger partial charge < -0.3 is 10.4 Å². The van der Waals surface area contributed by atoms with Gasteiger partial charge in [0.15, 0.2) is 0 Å². The molecule has 1 heterocycles. The van der Waals surface area contributed by atoms with E-state index in [0.29, 0.717) is 12.3 Å². The highest BCUT2D eigenvalue weighted by Gasteiger charge is 2.00. The van der Waals surface area contributed by atoms with E-state index in [9.17, 15) is 0 Å². The van der Waals surface area contributed by atoms with Crippen molar-refractivity contribution in [2.24, 2.45) is 0 Å². The summed E-state index contributed by atoms with van der Waals surface area (Å²) in [6.07, 6.45) is 6.09. The summed E-state index contributed by atoms with van der Waals surface area (Å²) in [6, 6.07) is 0. The maximum atomic E-state index is 9.13. The number of aliphatic hydroxyl groups is 1. The zero-order chi connectivity index (χ0) is 8.10. The van der Waals surface area contributed by atoms with E-state index in [2.05, 4.69) is 12.2 Å². The van der Waals surface area contributed by atoms with Crippen LogP contribution in [0.5, 0.6) is 0 Å². The van der Waals surface area contributed by atoms with Crippen LogP contribution in [0.1, 0.15) is 19.8 Å². The van der Waals surface area contributed by atoms with Crippen LogP contribution in [0.25, 0.3) is 0 Å². The molecule has 2 heteroatoms. The number of nitrogens with one attached hydrogen (secondary N) is 1. The summed E-state index contributed by atoms with van der Waals surface area (Å²) in [7, 11) is 0. The van der Waals surface area contributed by atoms with Crippen LogP contribution in [0.15, 0.2) is 23.5 Å². The fraction of sp³-hybridized carbons (Fsp3) is 0.556. The molecule has 1 aliphatic rings. The zero-order valence-electron chi connectivity index (χ0n) is 6.93. The molecule has 2 N–H and O–H groups in total. The lowest BCUT2D eigenvalue weighted by Gasteiger charge is -2.03. The van der Waals surface area contributed by atoms with Gasteiger partial charge in [-0.05, 0) is 12.5 Å². The van der Waals surface area contributed by atoms with Crippen molar-refractivity contribution in [2.45, 2.75) is 19.8 Å². The quantitative estimate of drug-likeness (QED) is 0.633. The summed E-state index contributed by atoms with van der Waals surface area (Å²) in [6.45, 7) is 3.67. The van der Waals surface area contributed by atoms with Crippen molar-refractivity contribution in [1.29, 1.82) is 0 Å². The lowest BCUT2D eigenvalue weighted by Crippen LogP contribution is -2.18. The Hall–Kier alpha value is -0.760. The van der Waals surface area contributed by atoms with Gasteiger partial charge in [0.2, 0.25) is 0 Å². The van der Waals surface area contributed by atoms with Crippen LogP contribution >= 0.6 is 0 Å². The lowest BCUT2D eigenvalue weighted by atomic mass is 10.1. The van der Waals surface area contributed by atoms with Gasteiger partial charge in [-0.1, -0.05) is 25.0 Å². The highest BCUT2D eigenvalue weighted by Crippen LogP contribution is 2.06. The van der Waals surface area contributed by atoms with Crippen molar-refractivity contribution in [3.63, 3.8) is 0 Å². The fourth-order valence-corrected chi connectivity index (χ4v) is 1.18. The number of aliphatic hydroxyl groups excluding tert-OH is 1. The third kappa shape index (κ3) is 2.76. The van der Waals surface area contributed by atoms with Gasteiger partial charge in [0.25, 0.3) is 0 Å². The molecule has 0 amide bonds. The van der Waals surface area contributed by atoms with Crippen LogP contribution in [0, 0.1) is 0 Å². The molecule has 0 aromatic heterocycles. The lowest BCUT2D eigenvalue weighted by molar-refractivity contribution is 0.392. The molecule has 0 spiro atoms. The van der Waals surface area contributed by atoms with Crippen LogP contribution in [0.3, 0.4) is 0 Å². The molecule has 11 heavy (non-hydrogen) atoms. The van der Waals surface area contributed by atoms with E-state index < -0.39 is 0 Å². The fourth-order valence-electron chi connectivity index (χ4n) is 1.18. The molecule has 2 nitrogen and oxygen atoms in total. The van der Waals surface area contributed by atoms with E-state index >= 15 is 0 Å². The number of allylic oxidation sites excluding steroid dienone is 2. The minimum absolute atomic E-state index is 0.427. The molecule has 0 aromatic carbocycles.